The third-order valence-electron chi connectivity index (χ3n) is 3.27. The molecule has 0 saturated heterocycles. The SMILES string of the molecule is Cc1ccc(NC2C(=O)Nc3ccc(Br)cc32)c(F)c1. The Kier molecular flexibility index (Phi) is 3.22. The number of hydrogen-bond donors (Lipinski definition) is 2. The molecule has 1 heterocycles. The minimum atomic E-state index is -0.584. The smallest absolute Gasteiger partial charge is 0.251 e. The van der Waals surface area contributed by atoms with Crippen molar-refractivity contribution < 1.29 is 9.18 Å². The number of carbonyl (C=O) groups is 1. The van der Waals surface area contributed by atoms with Gasteiger partial charge in [0.05, 0.1) is 5.69 Å². The average Bonchev–Trinajstić information content (AvgIpc) is 2.69. The normalized spacial score (nSPS) is 16.8. The van der Waals surface area contributed by atoms with Crippen molar-refractivity contribution in [3.63, 3.8) is 0 Å². The molecule has 2 aromatic carbocycles. The van der Waals surface area contributed by atoms with Gasteiger partial charge in [-0.05, 0) is 42.8 Å². The maximum Gasteiger partial charge on any atom is 0.251 e. The average molecular weight is 335 g/mol. The molecule has 1 atom stereocenters. The van der Waals surface area contributed by atoms with Crippen LogP contribution in [-0.4, -0.2) is 5.91 Å². The van der Waals surface area contributed by atoms with Gasteiger partial charge in [-0.1, -0.05) is 22.0 Å². The fourth-order valence-corrected chi connectivity index (χ4v) is 2.65. The van der Waals surface area contributed by atoms with Crippen LogP contribution in [0.15, 0.2) is 40.9 Å². The summed E-state index contributed by atoms with van der Waals surface area (Å²) >= 11 is 3.38. The van der Waals surface area contributed by atoms with E-state index in [1.807, 2.05) is 25.1 Å². The highest BCUT2D eigenvalue weighted by molar-refractivity contribution is 9.10. The van der Waals surface area contributed by atoms with Gasteiger partial charge in [-0.3, -0.25) is 4.79 Å². The summed E-state index contributed by atoms with van der Waals surface area (Å²) in [5, 5.41) is 5.74. The molecule has 1 aliphatic rings. The molecule has 0 fully saturated rings. The molecule has 0 aliphatic carbocycles. The Balaban J connectivity index is 1.95. The number of anilines is 2. The number of fused-ring (bicyclic) bond motifs is 1. The summed E-state index contributed by atoms with van der Waals surface area (Å²) in [5.74, 6) is -0.542. The van der Waals surface area contributed by atoms with E-state index in [9.17, 15) is 9.18 Å². The van der Waals surface area contributed by atoms with E-state index in [0.717, 1.165) is 21.3 Å². The topological polar surface area (TPSA) is 41.1 Å². The molecule has 3 nitrogen and oxygen atoms in total. The van der Waals surface area contributed by atoms with Crippen LogP contribution in [0.1, 0.15) is 17.2 Å². The molecule has 1 unspecified atom stereocenters. The van der Waals surface area contributed by atoms with Crippen molar-refractivity contribution in [2.24, 2.45) is 0 Å². The minimum Gasteiger partial charge on any atom is -0.368 e. The van der Waals surface area contributed by atoms with Gasteiger partial charge in [-0.2, -0.15) is 0 Å². The number of nitrogens with one attached hydrogen (secondary N) is 2. The zero-order valence-corrected chi connectivity index (χ0v) is 12.3. The lowest BCUT2D eigenvalue weighted by Crippen LogP contribution is -2.20. The molecule has 0 aromatic heterocycles. The monoisotopic (exact) mass is 334 g/mol. The van der Waals surface area contributed by atoms with E-state index in [4.69, 9.17) is 0 Å². The van der Waals surface area contributed by atoms with Gasteiger partial charge in [0.15, 0.2) is 0 Å². The van der Waals surface area contributed by atoms with Gasteiger partial charge in [0.2, 0.25) is 0 Å². The first kappa shape index (κ1) is 13.1. The molecule has 2 aromatic rings. The third-order valence-corrected chi connectivity index (χ3v) is 3.76. The van der Waals surface area contributed by atoms with Crippen molar-refractivity contribution >= 4 is 33.2 Å². The van der Waals surface area contributed by atoms with E-state index in [-0.39, 0.29) is 11.7 Å². The summed E-state index contributed by atoms with van der Waals surface area (Å²) in [7, 11) is 0. The van der Waals surface area contributed by atoms with Crippen LogP contribution >= 0.6 is 15.9 Å². The fourth-order valence-electron chi connectivity index (χ4n) is 2.27. The fraction of sp³-hybridized carbons (Fsp3) is 0.133. The highest BCUT2D eigenvalue weighted by Crippen LogP contribution is 2.35. The molecule has 102 valence electrons. The molecule has 2 N–H and O–H groups in total. The molecule has 1 amide bonds. The lowest BCUT2D eigenvalue weighted by atomic mass is 10.1. The van der Waals surface area contributed by atoms with Gasteiger partial charge in [-0.15, -0.1) is 0 Å². The summed E-state index contributed by atoms with van der Waals surface area (Å²) in [5.41, 5.74) is 2.73. The van der Waals surface area contributed by atoms with Crippen LogP contribution in [0.2, 0.25) is 0 Å². The number of halogens is 2. The lowest BCUT2D eigenvalue weighted by Gasteiger charge is -2.14. The van der Waals surface area contributed by atoms with Gasteiger partial charge in [0, 0.05) is 15.7 Å². The van der Waals surface area contributed by atoms with Gasteiger partial charge in [0.25, 0.3) is 5.91 Å². The van der Waals surface area contributed by atoms with Crippen molar-refractivity contribution in [1.82, 2.24) is 0 Å². The molecular weight excluding hydrogens is 323 g/mol. The van der Waals surface area contributed by atoms with Crippen molar-refractivity contribution in [3.05, 3.63) is 57.8 Å². The van der Waals surface area contributed by atoms with Gasteiger partial charge in [0.1, 0.15) is 11.9 Å². The van der Waals surface area contributed by atoms with Crippen LogP contribution in [0, 0.1) is 12.7 Å². The Morgan fingerprint density at radius 1 is 1.25 bits per heavy atom. The summed E-state index contributed by atoms with van der Waals surface area (Å²) in [6.07, 6.45) is 0. The first-order valence-corrected chi connectivity index (χ1v) is 6.97. The molecule has 5 heteroatoms. The number of amides is 1. The predicted octanol–water partition coefficient (Wildman–Crippen LogP) is 4.00. The molecule has 0 saturated carbocycles. The summed E-state index contributed by atoms with van der Waals surface area (Å²) < 4.78 is 14.8. The Bertz CT molecular complexity index is 702. The number of benzene rings is 2. The Hall–Kier alpha value is -1.88. The Labute approximate surface area is 124 Å². The number of carbonyl (C=O) groups excluding carboxylic acids is 1. The molecule has 0 radical (unpaired) electrons. The summed E-state index contributed by atoms with van der Waals surface area (Å²) in [6.45, 7) is 1.82. The Morgan fingerprint density at radius 2 is 2.05 bits per heavy atom. The van der Waals surface area contributed by atoms with Gasteiger partial charge < -0.3 is 10.6 Å². The van der Waals surface area contributed by atoms with Crippen LogP contribution in [-0.2, 0) is 4.79 Å². The second-order valence-corrected chi connectivity index (χ2v) is 5.70. The van der Waals surface area contributed by atoms with E-state index in [2.05, 4.69) is 26.6 Å². The number of aryl methyl sites for hydroxylation is 1. The van der Waals surface area contributed by atoms with Crippen LogP contribution in [0.3, 0.4) is 0 Å². The predicted molar refractivity (Wildman–Crippen MR) is 80.3 cm³/mol. The standard InChI is InChI=1S/C15H12BrFN2O/c1-8-2-4-13(11(17)6-8)18-14-10-7-9(16)3-5-12(10)19-15(14)20/h2-7,14,18H,1H3,(H,19,20). The molecule has 20 heavy (non-hydrogen) atoms. The van der Waals surface area contributed by atoms with Crippen molar-refractivity contribution in [1.29, 1.82) is 0 Å². The molecule has 3 rings (SSSR count). The highest BCUT2D eigenvalue weighted by Gasteiger charge is 2.31. The van der Waals surface area contributed by atoms with Crippen LogP contribution in [0.5, 0.6) is 0 Å². The van der Waals surface area contributed by atoms with Crippen molar-refractivity contribution in [2.45, 2.75) is 13.0 Å². The van der Waals surface area contributed by atoms with Crippen molar-refractivity contribution in [2.75, 3.05) is 10.6 Å². The van der Waals surface area contributed by atoms with E-state index in [1.54, 1.807) is 12.1 Å². The van der Waals surface area contributed by atoms with Gasteiger partial charge in [-0.25, -0.2) is 4.39 Å². The number of hydrogen-bond acceptors (Lipinski definition) is 2. The Morgan fingerprint density at radius 3 is 2.80 bits per heavy atom. The van der Waals surface area contributed by atoms with Crippen LogP contribution in [0.4, 0.5) is 15.8 Å². The summed E-state index contributed by atoms with van der Waals surface area (Å²) in [4.78, 5) is 12.0. The van der Waals surface area contributed by atoms with Crippen LogP contribution < -0.4 is 10.6 Å². The maximum absolute atomic E-state index is 13.9. The molecule has 0 spiro atoms. The first-order chi connectivity index (χ1) is 9.54. The first-order valence-electron chi connectivity index (χ1n) is 6.17. The highest BCUT2D eigenvalue weighted by atomic mass is 79.9. The number of rotatable bonds is 2. The minimum absolute atomic E-state index is 0.182. The van der Waals surface area contributed by atoms with E-state index >= 15 is 0 Å². The molecule has 0 bridgehead atoms. The lowest BCUT2D eigenvalue weighted by molar-refractivity contribution is -0.116. The van der Waals surface area contributed by atoms with Gasteiger partial charge >= 0.3 is 0 Å². The second kappa shape index (κ2) is 4.90. The molecule has 1 aliphatic heterocycles. The third kappa shape index (κ3) is 2.29. The van der Waals surface area contributed by atoms with E-state index in [1.165, 1.54) is 6.07 Å². The molecular formula is C15H12BrFN2O. The quantitative estimate of drug-likeness (QED) is 0.871. The summed E-state index contributed by atoms with van der Waals surface area (Å²) in [6, 6.07) is 9.85. The van der Waals surface area contributed by atoms with Crippen molar-refractivity contribution in [3.8, 4) is 0 Å². The largest absolute Gasteiger partial charge is 0.368 e. The zero-order chi connectivity index (χ0) is 14.3. The maximum atomic E-state index is 13.9. The van der Waals surface area contributed by atoms with E-state index in [0.29, 0.717) is 5.69 Å². The zero-order valence-electron chi connectivity index (χ0n) is 10.7. The van der Waals surface area contributed by atoms with Crippen LogP contribution in [0.25, 0.3) is 0 Å². The van der Waals surface area contributed by atoms with E-state index < -0.39 is 6.04 Å². The second-order valence-electron chi connectivity index (χ2n) is 4.78.